The van der Waals surface area contributed by atoms with Crippen LogP contribution in [0.3, 0.4) is 0 Å². The van der Waals surface area contributed by atoms with E-state index >= 15 is 0 Å². The lowest BCUT2D eigenvalue weighted by molar-refractivity contribution is 0.602. The van der Waals surface area contributed by atoms with Gasteiger partial charge in [-0.15, -0.1) is 11.3 Å². The predicted molar refractivity (Wildman–Crippen MR) is 74.0 cm³/mol. The molecule has 0 spiro atoms. The molecule has 84 valence electrons. The summed E-state index contributed by atoms with van der Waals surface area (Å²) in [6, 6.07) is 15.3. The molecule has 16 heavy (non-hydrogen) atoms. The summed E-state index contributed by atoms with van der Waals surface area (Å²) in [5.74, 6) is 0. The zero-order valence-corrected chi connectivity index (χ0v) is 11.5. The fraction of sp³-hybridized carbons (Fsp3) is 0.231. The van der Waals surface area contributed by atoms with Gasteiger partial charge in [0.2, 0.25) is 0 Å². The summed E-state index contributed by atoms with van der Waals surface area (Å²) in [4.78, 5) is 1.37. The zero-order chi connectivity index (χ0) is 11.4. The van der Waals surface area contributed by atoms with Crippen LogP contribution in [0.25, 0.3) is 0 Å². The number of hydrogen-bond donors (Lipinski definition) is 1. The van der Waals surface area contributed by atoms with Crippen molar-refractivity contribution in [3.8, 4) is 0 Å². The molecule has 1 atom stereocenters. The Bertz CT molecular complexity index is 438. The number of thiophene rings is 1. The van der Waals surface area contributed by atoms with E-state index in [-0.39, 0.29) is 0 Å². The first-order valence-electron chi connectivity index (χ1n) is 5.26. The summed E-state index contributed by atoms with van der Waals surface area (Å²) >= 11 is 5.30. The summed E-state index contributed by atoms with van der Waals surface area (Å²) in [6.45, 7) is 0. The second kappa shape index (κ2) is 5.62. The minimum atomic E-state index is 0.402. The fourth-order valence-electron chi connectivity index (χ4n) is 1.71. The van der Waals surface area contributed by atoms with Gasteiger partial charge in [0.25, 0.3) is 0 Å². The third kappa shape index (κ3) is 2.94. The summed E-state index contributed by atoms with van der Waals surface area (Å²) in [5.41, 5.74) is 1.37. The van der Waals surface area contributed by atoms with E-state index in [4.69, 9.17) is 0 Å². The lowest BCUT2D eigenvalue weighted by atomic mass is 10.1. The molecule has 0 amide bonds. The Balaban J connectivity index is 2.12. The molecule has 3 heteroatoms. The van der Waals surface area contributed by atoms with E-state index in [1.165, 1.54) is 14.2 Å². The molecule has 1 unspecified atom stereocenters. The van der Waals surface area contributed by atoms with Gasteiger partial charge in [0, 0.05) is 10.9 Å². The maximum absolute atomic E-state index is 3.51. The number of halogens is 1. The second-order valence-corrected chi connectivity index (χ2v) is 6.17. The first-order chi connectivity index (χ1) is 7.79. The lowest BCUT2D eigenvalue weighted by Gasteiger charge is -2.14. The average Bonchev–Trinajstić information content (AvgIpc) is 2.74. The standard InChI is InChI=1S/C13H14BrNS/c1-15-11(12-7-8-13(14)16-12)9-10-5-3-2-4-6-10/h2-8,11,15H,9H2,1H3. The van der Waals surface area contributed by atoms with Gasteiger partial charge < -0.3 is 5.32 Å². The van der Waals surface area contributed by atoms with Gasteiger partial charge in [0.1, 0.15) is 0 Å². The lowest BCUT2D eigenvalue weighted by Crippen LogP contribution is -2.17. The Morgan fingerprint density at radius 2 is 1.94 bits per heavy atom. The molecular formula is C13H14BrNS. The fourth-order valence-corrected chi connectivity index (χ4v) is 3.24. The van der Waals surface area contributed by atoms with Crippen molar-refractivity contribution >= 4 is 27.3 Å². The Kier molecular flexibility index (Phi) is 4.16. The number of benzene rings is 1. The quantitative estimate of drug-likeness (QED) is 0.898. The Morgan fingerprint density at radius 3 is 2.50 bits per heavy atom. The molecule has 0 aliphatic rings. The van der Waals surface area contributed by atoms with E-state index in [1.54, 1.807) is 11.3 Å². The van der Waals surface area contributed by atoms with E-state index in [9.17, 15) is 0 Å². The highest BCUT2D eigenvalue weighted by Crippen LogP contribution is 2.28. The molecule has 0 fully saturated rings. The van der Waals surface area contributed by atoms with Gasteiger partial charge in [-0.25, -0.2) is 0 Å². The van der Waals surface area contributed by atoms with Crippen LogP contribution in [-0.2, 0) is 6.42 Å². The minimum absolute atomic E-state index is 0.402. The van der Waals surface area contributed by atoms with Gasteiger partial charge in [0.15, 0.2) is 0 Å². The highest BCUT2D eigenvalue weighted by Gasteiger charge is 2.11. The largest absolute Gasteiger partial charge is 0.312 e. The summed E-state index contributed by atoms with van der Waals surface area (Å²) in [7, 11) is 2.02. The van der Waals surface area contributed by atoms with Gasteiger partial charge in [0.05, 0.1) is 3.79 Å². The summed E-state index contributed by atoms with van der Waals surface area (Å²) in [5, 5.41) is 3.37. The van der Waals surface area contributed by atoms with Crippen LogP contribution in [0.1, 0.15) is 16.5 Å². The van der Waals surface area contributed by atoms with Crippen molar-refractivity contribution in [3.63, 3.8) is 0 Å². The van der Waals surface area contributed by atoms with Gasteiger partial charge in [-0.2, -0.15) is 0 Å². The molecule has 0 saturated heterocycles. The van der Waals surface area contributed by atoms with Crippen LogP contribution in [0.2, 0.25) is 0 Å². The molecule has 2 aromatic rings. The van der Waals surface area contributed by atoms with Crippen molar-refractivity contribution < 1.29 is 0 Å². The van der Waals surface area contributed by atoms with Gasteiger partial charge >= 0.3 is 0 Å². The molecule has 0 aliphatic carbocycles. The second-order valence-electron chi connectivity index (χ2n) is 3.67. The van der Waals surface area contributed by atoms with Crippen molar-refractivity contribution in [2.75, 3.05) is 7.05 Å². The first kappa shape index (κ1) is 11.8. The molecule has 0 bridgehead atoms. The topological polar surface area (TPSA) is 12.0 Å². The van der Waals surface area contributed by atoms with Gasteiger partial charge in [-0.3, -0.25) is 0 Å². The van der Waals surface area contributed by atoms with Crippen LogP contribution in [0.4, 0.5) is 0 Å². The van der Waals surface area contributed by atoms with Crippen molar-refractivity contribution in [3.05, 3.63) is 56.7 Å². The van der Waals surface area contributed by atoms with Crippen LogP contribution in [0, 0.1) is 0 Å². The van der Waals surface area contributed by atoms with Crippen molar-refractivity contribution in [1.29, 1.82) is 0 Å². The van der Waals surface area contributed by atoms with E-state index in [2.05, 4.69) is 63.7 Å². The van der Waals surface area contributed by atoms with Gasteiger partial charge in [-0.1, -0.05) is 30.3 Å². The highest BCUT2D eigenvalue weighted by atomic mass is 79.9. The third-order valence-corrected chi connectivity index (χ3v) is 4.31. The van der Waals surface area contributed by atoms with Crippen molar-refractivity contribution in [2.24, 2.45) is 0 Å². The van der Waals surface area contributed by atoms with E-state index in [0.29, 0.717) is 6.04 Å². The summed E-state index contributed by atoms with van der Waals surface area (Å²) in [6.07, 6.45) is 1.03. The highest BCUT2D eigenvalue weighted by molar-refractivity contribution is 9.11. The molecule has 0 saturated carbocycles. The minimum Gasteiger partial charge on any atom is -0.312 e. The summed E-state index contributed by atoms with van der Waals surface area (Å²) < 4.78 is 1.19. The monoisotopic (exact) mass is 295 g/mol. The van der Waals surface area contributed by atoms with Crippen molar-refractivity contribution in [1.82, 2.24) is 5.32 Å². The van der Waals surface area contributed by atoms with E-state index < -0.39 is 0 Å². The van der Waals surface area contributed by atoms with Crippen LogP contribution in [0.15, 0.2) is 46.3 Å². The molecule has 1 N–H and O–H groups in total. The van der Waals surface area contributed by atoms with Gasteiger partial charge in [-0.05, 0) is 47.1 Å². The molecule has 0 radical (unpaired) electrons. The zero-order valence-electron chi connectivity index (χ0n) is 9.11. The molecule has 1 aromatic carbocycles. The smallest absolute Gasteiger partial charge is 0.0701 e. The molecular weight excluding hydrogens is 282 g/mol. The number of likely N-dealkylation sites (N-methyl/N-ethyl adjacent to an activating group) is 1. The SMILES string of the molecule is CNC(Cc1ccccc1)c1ccc(Br)s1. The van der Waals surface area contributed by atoms with Crippen LogP contribution in [-0.4, -0.2) is 7.05 Å². The Morgan fingerprint density at radius 1 is 1.19 bits per heavy atom. The number of nitrogens with one attached hydrogen (secondary N) is 1. The van der Waals surface area contributed by atoms with Crippen LogP contribution < -0.4 is 5.32 Å². The molecule has 1 aromatic heterocycles. The van der Waals surface area contributed by atoms with E-state index in [0.717, 1.165) is 6.42 Å². The van der Waals surface area contributed by atoms with Crippen molar-refractivity contribution in [2.45, 2.75) is 12.5 Å². The maximum atomic E-state index is 3.51. The van der Waals surface area contributed by atoms with Crippen LogP contribution >= 0.6 is 27.3 Å². The average molecular weight is 296 g/mol. The predicted octanol–water partition coefficient (Wildman–Crippen LogP) is 4.01. The Hall–Kier alpha value is -0.640. The normalized spacial score (nSPS) is 12.6. The van der Waals surface area contributed by atoms with Crippen LogP contribution in [0.5, 0.6) is 0 Å². The molecule has 0 aliphatic heterocycles. The number of rotatable bonds is 4. The molecule has 1 nitrogen and oxygen atoms in total. The Labute approximate surface area is 109 Å². The third-order valence-electron chi connectivity index (χ3n) is 2.57. The first-order valence-corrected chi connectivity index (χ1v) is 6.87. The molecule has 1 heterocycles. The molecule has 2 rings (SSSR count). The van der Waals surface area contributed by atoms with E-state index in [1.807, 2.05) is 7.05 Å². The number of hydrogen-bond acceptors (Lipinski definition) is 2. The maximum Gasteiger partial charge on any atom is 0.0701 e.